The first-order valence-corrected chi connectivity index (χ1v) is 11.6. The zero-order valence-corrected chi connectivity index (χ0v) is 21.3. The number of sulfonamides is 1. The minimum absolute atomic E-state index is 0. The summed E-state index contributed by atoms with van der Waals surface area (Å²) in [5.74, 6) is 0.725. The summed E-state index contributed by atoms with van der Waals surface area (Å²) in [6.07, 6.45) is 4.54. The predicted octanol–water partition coefficient (Wildman–Crippen LogP) is 2.70. The lowest BCUT2D eigenvalue weighted by Crippen LogP contribution is -2.38. The molecule has 0 spiro atoms. The maximum Gasteiger partial charge on any atom is 0.240 e. The fraction of sp³-hybridized carbons (Fsp3) is 0.273. The van der Waals surface area contributed by atoms with Crippen LogP contribution < -0.4 is 15.4 Å². The first-order chi connectivity index (χ1) is 15.0. The van der Waals surface area contributed by atoms with Gasteiger partial charge in [-0.2, -0.15) is 5.10 Å². The summed E-state index contributed by atoms with van der Waals surface area (Å²) < 4.78 is 27.8. The lowest BCUT2D eigenvalue weighted by molar-refractivity contribution is 0.588. The number of halogens is 1. The van der Waals surface area contributed by atoms with Crippen LogP contribution in [0.3, 0.4) is 0 Å². The molecule has 0 fully saturated rings. The Balaban J connectivity index is 0.00000363. The maximum absolute atomic E-state index is 11.8. The largest absolute Gasteiger partial charge is 0.357 e. The molecular formula is C22H29IN6O2S. The highest BCUT2D eigenvalue weighted by molar-refractivity contribution is 14.0. The van der Waals surface area contributed by atoms with Crippen LogP contribution in [0.25, 0.3) is 5.69 Å². The number of nitrogens with one attached hydrogen (secondary N) is 3. The van der Waals surface area contributed by atoms with E-state index >= 15 is 0 Å². The number of hydrogen-bond acceptors (Lipinski definition) is 4. The van der Waals surface area contributed by atoms with Crippen molar-refractivity contribution in [2.75, 3.05) is 20.1 Å². The molecule has 1 heterocycles. The third-order valence-corrected chi connectivity index (χ3v) is 6.11. The molecule has 8 nitrogen and oxygen atoms in total. The fourth-order valence-electron chi connectivity index (χ4n) is 2.97. The topological polar surface area (TPSA) is 100 Å². The van der Waals surface area contributed by atoms with E-state index in [2.05, 4.69) is 49.7 Å². The predicted molar refractivity (Wildman–Crippen MR) is 138 cm³/mol. The van der Waals surface area contributed by atoms with Gasteiger partial charge in [0, 0.05) is 25.5 Å². The van der Waals surface area contributed by atoms with Gasteiger partial charge in [0.1, 0.15) is 0 Å². The zero-order chi connectivity index (χ0) is 22.1. The zero-order valence-electron chi connectivity index (χ0n) is 18.2. The van der Waals surface area contributed by atoms with Crippen molar-refractivity contribution in [3.8, 4) is 5.69 Å². The van der Waals surface area contributed by atoms with Crippen molar-refractivity contribution in [3.05, 3.63) is 78.1 Å². The highest BCUT2D eigenvalue weighted by Crippen LogP contribution is 2.11. The second kappa shape index (κ2) is 12.6. The van der Waals surface area contributed by atoms with Crippen molar-refractivity contribution in [2.45, 2.75) is 24.8 Å². The molecule has 32 heavy (non-hydrogen) atoms. The Morgan fingerprint density at radius 1 is 1.03 bits per heavy atom. The van der Waals surface area contributed by atoms with Crippen LogP contribution in [0.2, 0.25) is 0 Å². The summed E-state index contributed by atoms with van der Waals surface area (Å²) in [6.45, 7) is 3.96. The molecule has 0 saturated heterocycles. The van der Waals surface area contributed by atoms with Crippen LogP contribution in [0.4, 0.5) is 0 Å². The van der Waals surface area contributed by atoms with Gasteiger partial charge in [0.15, 0.2) is 5.96 Å². The van der Waals surface area contributed by atoms with Gasteiger partial charge in [0.25, 0.3) is 0 Å². The van der Waals surface area contributed by atoms with E-state index in [-0.39, 0.29) is 28.9 Å². The van der Waals surface area contributed by atoms with E-state index in [4.69, 9.17) is 0 Å². The molecular weight excluding hydrogens is 539 g/mol. The molecule has 3 N–H and O–H groups in total. The minimum atomic E-state index is -3.42. The highest BCUT2D eigenvalue weighted by Gasteiger charge is 2.10. The van der Waals surface area contributed by atoms with Crippen LogP contribution in [-0.4, -0.2) is 44.3 Å². The van der Waals surface area contributed by atoms with Gasteiger partial charge in [-0.25, -0.2) is 22.8 Å². The first-order valence-electron chi connectivity index (χ1n) is 10.2. The van der Waals surface area contributed by atoms with Crippen LogP contribution in [0.5, 0.6) is 0 Å². The normalized spacial score (nSPS) is 11.6. The van der Waals surface area contributed by atoms with E-state index < -0.39 is 10.0 Å². The summed E-state index contributed by atoms with van der Waals surface area (Å²) in [4.78, 5) is 4.83. The van der Waals surface area contributed by atoms with Gasteiger partial charge in [-0.1, -0.05) is 24.3 Å². The van der Waals surface area contributed by atoms with Gasteiger partial charge in [0.2, 0.25) is 10.0 Å². The van der Waals surface area contributed by atoms with E-state index in [0.29, 0.717) is 6.54 Å². The van der Waals surface area contributed by atoms with Crippen LogP contribution in [0.15, 0.2) is 76.9 Å². The molecule has 0 saturated carbocycles. The van der Waals surface area contributed by atoms with Crippen molar-refractivity contribution in [1.82, 2.24) is 25.1 Å². The van der Waals surface area contributed by atoms with Gasteiger partial charge < -0.3 is 10.6 Å². The van der Waals surface area contributed by atoms with Gasteiger partial charge in [-0.05, 0) is 61.9 Å². The van der Waals surface area contributed by atoms with Gasteiger partial charge in [-0.3, -0.25) is 0 Å². The molecule has 0 atom stereocenters. The molecule has 3 aromatic rings. The highest BCUT2D eigenvalue weighted by atomic mass is 127. The summed E-state index contributed by atoms with van der Waals surface area (Å²) in [5.41, 5.74) is 3.19. The maximum atomic E-state index is 11.8. The monoisotopic (exact) mass is 568 g/mol. The third kappa shape index (κ3) is 7.31. The molecule has 0 aliphatic rings. The number of hydrogen-bond donors (Lipinski definition) is 3. The van der Waals surface area contributed by atoms with E-state index in [1.165, 1.54) is 12.6 Å². The van der Waals surface area contributed by atoms with Crippen LogP contribution in [0.1, 0.15) is 18.1 Å². The Morgan fingerprint density at radius 2 is 1.72 bits per heavy atom. The Bertz CT molecular complexity index is 1080. The number of aliphatic imine (C=N–C) groups is 1. The standard InChI is InChI=1S/C22H28N6O2S.HI/c1-3-24-22(26-17-19-7-11-21(12-8-19)31(29,30)23-2)25-15-13-18-5-9-20(10-6-18)28-16-4-14-27-28;/h4-12,14,16,23H,3,13,15,17H2,1-2H3,(H2,24,25,26);1H. The molecule has 1 aromatic heterocycles. The van der Waals surface area contributed by atoms with Crippen molar-refractivity contribution in [2.24, 2.45) is 4.99 Å². The van der Waals surface area contributed by atoms with Crippen LogP contribution in [0, 0.1) is 0 Å². The van der Waals surface area contributed by atoms with Crippen molar-refractivity contribution < 1.29 is 8.42 Å². The van der Waals surface area contributed by atoms with Crippen LogP contribution >= 0.6 is 24.0 Å². The lowest BCUT2D eigenvalue weighted by Gasteiger charge is -2.12. The van der Waals surface area contributed by atoms with Gasteiger partial charge >= 0.3 is 0 Å². The van der Waals surface area contributed by atoms with Crippen molar-refractivity contribution in [1.29, 1.82) is 0 Å². The third-order valence-electron chi connectivity index (χ3n) is 4.68. The Kier molecular flexibility index (Phi) is 10.1. The molecule has 0 amide bonds. The van der Waals surface area contributed by atoms with E-state index in [1.807, 2.05) is 23.9 Å². The number of rotatable bonds is 9. The Hall–Kier alpha value is -2.44. The first kappa shape index (κ1) is 25.8. The summed E-state index contributed by atoms with van der Waals surface area (Å²) in [7, 11) is -2.03. The molecule has 10 heteroatoms. The number of nitrogens with zero attached hydrogens (tertiary/aromatic N) is 3. The molecule has 0 unspecified atom stereocenters. The summed E-state index contributed by atoms with van der Waals surface area (Å²) in [5, 5.41) is 10.8. The van der Waals surface area contributed by atoms with Gasteiger partial charge in [-0.15, -0.1) is 24.0 Å². The number of benzene rings is 2. The molecule has 2 aromatic carbocycles. The molecule has 172 valence electrons. The smallest absolute Gasteiger partial charge is 0.240 e. The van der Waals surface area contributed by atoms with Gasteiger partial charge in [0.05, 0.1) is 17.1 Å². The quantitative estimate of drug-likeness (QED) is 0.210. The second-order valence-electron chi connectivity index (χ2n) is 6.84. The van der Waals surface area contributed by atoms with E-state index in [0.717, 1.165) is 36.7 Å². The Morgan fingerprint density at radius 3 is 2.31 bits per heavy atom. The summed E-state index contributed by atoms with van der Waals surface area (Å²) in [6, 6.07) is 16.9. The average molecular weight is 568 g/mol. The molecule has 3 rings (SSSR count). The number of guanidine groups is 1. The molecule has 0 bridgehead atoms. The minimum Gasteiger partial charge on any atom is -0.357 e. The van der Waals surface area contributed by atoms with E-state index in [1.54, 1.807) is 30.5 Å². The molecule has 0 radical (unpaired) electrons. The average Bonchev–Trinajstić information content (AvgIpc) is 3.33. The van der Waals surface area contributed by atoms with Crippen LogP contribution in [-0.2, 0) is 23.0 Å². The second-order valence-corrected chi connectivity index (χ2v) is 8.73. The van der Waals surface area contributed by atoms with Crippen molar-refractivity contribution >= 4 is 40.0 Å². The van der Waals surface area contributed by atoms with Crippen molar-refractivity contribution in [3.63, 3.8) is 0 Å². The SMILES string of the molecule is CCNC(=NCc1ccc(S(=O)(=O)NC)cc1)NCCc1ccc(-n2cccn2)cc1.I. The molecule has 0 aliphatic heterocycles. The lowest BCUT2D eigenvalue weighted by atomic mass is 10.1. The fourth-order valence-corrected chi connectivity index (χ4v) is 3.70. The number of aromatic nitrogens is 2. The summed E-state index contributed by atoms with van der Waals surface area (Å²) >= 11 is 0. The Labute approximate surface area is 206 Å². The molecule has 0 aliphatic carbocycles. The van der Waals surface area contributed by atoms with E-state index in [9.17, 15) is 8.42 Å².